The van der Waals surface area contributed by atoms with Gasteiger partial charge in [0, 0.05) is 18.7 Å². The van der Waals surface area contributed by atoms with Gasteiger partial charge in [-0.1, -0.05) is 6.07 Å². The third-order valence-corrected chi connectivity index (χ3v) is 5.98. The molecule has 0 bridgehead atoms. The number of hydrogen-bond acceptors (Lipinski definition) is 4. The van der Waals surface area contributed by atoms with Crippen molar-refractivity contribution in [3.8, 4) is 0 Å². The van der Waals surface area contributed by atoms with Gasteiger partial charge in [0.05, 0.1) is 30.7 Å². The molecule has 0 N–H and O–H groups in total. The number of amides is 1. The zero-order chi connectivity index (χ0) is 15.7. The molecule has 0 aromatic heterocycles. The maximum Gasteiger partial charge on any atom is 0.254 e. The Kier molecular flexibility index (Phi) is 4.10. The van der Waals surface area contributed by atoms with Crippen molar-refractivity contribution in [3.05, 3.63) is 29.8 Å². The molecule has 120 valence electrons. The van der Waals surface area contributed by atoms with Crippen LogP contribution in [0.5, 0.6) is 0 Å². The van der Waals surface area contributed by atoms with Gasteiger partial charge in [0.25, 0.3) is 5.91 Å². The lowest BCUT2D eigenvalue weighted by molar-refractivity contribution is 0.00360. The highest BCUT2D eigenvalue weighted by atomic mass is 32.2. The Hall–Kier alpha value is -1.60. The Labute approximate surface area is 130 Å². The monoisotopic (exact) mass is 324 g/mol. The zero-order valence-corrected chi connectivity index (χ0v) is 13.4. The van der Waals surface area contributed by atoms with Crippen LogP contribution in [-0.4, -0.2) is 57.3 Å². The van der Waals surface area contributed by atoms with Crippen molar-refractivity contribution in [1.82, 2.24) is 4.90 Å². The van der Waals surface area contributed by atoms with Crippen molar-refractivity contribution in [2.45, 2.75) is 19.4 Å². The maximum absolute atomic E-state index is 12.6. The second-order valence-electron chi connectivity index (χ2n) is 5.71. The highest BCUT2D eigenvalue weighted by molar-refractivity contribution is 7.93. The first kappa shape index (κ1) is 15.3. The van der Waals surface area contributed by atoms with Crippen molar-refractivity contribution in [2.24, 2.45) is 0 Å². The van der Waals surface area contributed by atoms with E-state index in [0.717, 1.165) is 0 Å². The lowest BCUT2D eigenvalue weighted by Gasteiger charge is -2.33. The standard InChI is InChI=1S/C15H20N2O4S/c1-12-11-21-8-7-16(12)15(18)13-4-2-5-14(10-13)17-6-3-9-22(17,19)20/h2,4-5,10,12H,3,6-9,11H2,1H3. The van der Waals surface area contributed by atoms with Crippen LogP contribution in [0.15, 0.2) is 24.3 Å². The zero-order valence-electron chi connectivity index (χ0n) is 12.6. The van der Waals surface area contributed by atoms with E-state index in [2.05, 4.69) is 0 Å². The predicted octanol–water partition coefficient (Wildman–Crippen LogP) is 1.09. The van der Waals surface area contributed by atoms with Gasteiger partial charge in [0.15, 0.2) is 0 Å². The second-order valence-corrected chi connectivity index (χ2v) is 7.73. The number of morpholine rings is 1. The van der Waals surface area contributed by atoms with Crippen LogP contribution in [0.1, 0.15) is 23.7 Å². The number of anilines is 1. The van der Waals surface area contributed by atoms with E-state index in [1.165, 1.54) is 4.31 Å². The third kappa shape index (κ3) is 2.83. The average molecular weight is 324 g/mol. The molecule has 1 aromatic rings. The fourth-order valence-electron chi connectivity index (χ4n) is 2.92. The SMILES string of the molecule is CC1COCCN1C(=O)c1cccc(N2CCCS2(=O)=O)c1. The van der Waals surface area contributed by atoms with Gasteiger partial charge in [-0.2, -0.15) is 0 Å². The number of carbonyl (C=O) groups is 1. The summed E-state index contributed by atoms with van der Waals surface area (Å²) in [5.74, 6) is 0.0975. The number of hydrogen-bond donors (Lipinski definition) is 0. The summed E-state index contributed by atoms with van der Waals surface area (Å²) >= 11 is 0. The molecule has 1 amide bonds. The number of rotatable bonds is 2. The third-order valence-electron chi connectivity index (χ3n) is 4.11. The molecule has 2 aliphatic heterocycles. The Morgan fingerprint density at radius 3 is 2.82 bits per heavy atom. The first-order chi connectivity index (χ1) is 10.5. The quantitative estimate of drug-likeness (QED) is 0.817. The molecule has 1 atom stereocenters. The maximum atomic E-state index is 12.6. The van der Waals surface area contributed by atoms with E-state index in [1.54, 1.807) is 29.2 Å². The van der Waals surface area contributed by atoms with Gasteiger partial charge in [-0.05, 0) is 31.5 Å². The molecule has 2 aliphatic rings. The smallest absolute Gasteiger partial charge is 0.254 e. The summed E-state index contributed by atoms with van der Waals surface area (Å²) < 4.78 is 30.8. The van der Waals surface area contributed by atoms with Crippen LogP contribution in [0.3, 0.4) is 0 Å². The van der Waals surface area contributed by atoms with Crippen LogP contribution in [0.4, 0.5) is 5.69 Å². The summed E-state index contributed by atoms with van der Waals surface area (Å²) in [6, 6.07) is 6.91. The molecule has 0 spiro atoms. The van der Waals surface area contributed by atoms with Crippen LogP contribution >= 0.6 is 0 Å². The molecular weight excluding hydrogens is 304 g/mol. The van der Waals surface area contributed by atoms with Crippen LogP contribution < -0.4 is 4.31 Å². The highest BCUT2D eigenvalue weighted by Gasteiger charge is 2.30. The fraction of sp³-hybridized carbons (Fsp3) is 0.533. The van der Waals surface area contributed by atoms with Crippen molar-refractivity contribution in [1.29, 1.82) is 0 Å². The molecule has 0 saturated carbocycles. The second kappa shape index (κ2) is 5.89. The molecule has 22 heavy (non-hydrogen) atoms. The molecule has 7 heteroatoms. The number of ether oxygens (including phenoxy) is 1. The van der Waals surface area contributed by atoms with E-state index >= 15 is 0 Å². The minimum absolute atomic E-state index is 0.0282. The van der Waals surface area contributed by atoms with E-state index < -0.39 is 10.0 Å². The minimum atomic E-state index is -3.23. The van der Waals surface area contributed by atoms with Gasteiger partial charge in [-0.3, -0.25) is 9.10 Å². The Bertz CT molecular complexity index is 674. The highest BCUT2D eigenvalue weighted by Crippen LogP contribution is 2.25. The molecule has 0 aliphatic carbocycles. The van der Waals surface area contributed by atoms with Crippen LogP contribution in [0.25, 0.3) is 0 Å². The summed E-state index contributed by atoms with van der Waals surface area (Å²) in [5.41, 5.74) is 1.10. The molecule has 3 rings (SSSR count). The average Bonchev–Trinajstić information content (AvgIpc) is 2.86. The van der Waals surface area contributed by atoms with Crippen molar-refractivity contribution < 1.29 is 17.9 Å². The van der Waals surface area contributed by atoms with Gasteiger partial charge in [-0.25, -0.2) is 8.42 Å². The number of sulfonamides is 1. The predicted molar refractivity (Wildman–Crippen MR) is 83.5 cm³/mol. The summed E-state index contributed by atoms with van der Waals surface area (Å²) in [5, 5.41) is 0. The lowest BCUT2D eigenvalue weighted by Crippen LogP contribution is -2.47. The van der Waals surface area contributed by atoms with Gasteiger partial charge in [-0.15, -0.1) is 0 Å². The van der Waals surface area contributed by atoms with Gasteiger partial charge >= 0.3 is 0 Å². The van der Waals surface area contributed by atoms with Gasteiger partial charge < -0.3 is 9.64 Å². The Balaban J connectivity index is 1.86. The van der Waals surface area contributed by atoms with E-state index in [-0.39, 0.29) is 17.7 Å². The molecule has 6 nitrogen and oxygen atoms in total. The normalized spacial score (nSPS) is 24.5. The Morgan fingerprint density at radius 1 is 1.32 bits per heavy atom. The first-order valence-corrected chi connectivity index (χ1v) is 9.09. The van der Waals surface area contributed by atoms with E-state index in [0.29, 0.717) is 44.0 Å². The first-order valence-electron chi connectivity index (χ1n) is 7.48. The summed E-state index contributed by atoms with van der Waals surface area (Å²) in [7, 11) is -3.23. The van der Waals surface area contributed by atoms with E-state index in [1.807, 2.05) is 6.92 Å². The molecule has 0 radical (unpaired) electrons. The summed E-state index contributed by atoms with van der Waals surface area (Å²) in [4.78, 5) is 14.4. The lowest BCUT2D eigenvalue weighted by atomic mass is 10.1. The van der Waals surface area contributed by atoms with Crippen LogP contribution in [0.2, 0.25) is 0 Å². The number of benzene rings is 1. The molecular formula is C15H20N2O4S. The van der Waals surface area contributed by atoms with Crippen LogP contribution in [0, 0.1) is 0 Å². The van der Waals surface area contributed by atoms with Crippen molar-refractivity contribution in [2.75, 3.05) is 36.4 Å². The van der Waals surface area contributed by atoms with E-state index in [4.69, 9.17) is 4.74 Å². The summed E-state index contributed by atoms with van der Waals surface area (Å²) in [6.07, 6.45) is 0.626. The summed E-state index contributed by atoms with van der Waals surface area (Å²) in [6.45, 7) is 4.06. The Morgan fingerprint density at radius 2 is 2.14 bits per heavy atom. The minimum Gasteiger partial charge on any atom is -0.377 e. The van der Waals surface area contributed by atoms with E-state index in [9.17, 15) is 13.2 Å². The molecule has 1 aromatic carbocycles. The number of nitrogens with zero attached hydrogens (tertiary/aromatic N) is 2. The van der Waals surface area contributed by atoms with Gasteiger partial charge in [0.2, 0.25) is 10.0 Å². The molecule has 1 unspecified atom stereocenters. The largest absolute Gasteiger partial charge is 0.377 e. The topological polar surface area (TPSA) is 66.9 Å². The number of carbonyl (C=O) groups excluding carboxylic acids is 1. The van der Waals surface area contributed by atoms with Crippen LogP contribution in [-0.2, 0) is 14.8 Å². The van der Waals surface area contributed by atoms with Crippen molar-refractivity contribution >= 4 is 21.6 Å². The molecule has 2 saturated heterocycles. The molecule has 2 heterocycles. The fourth-order valence-corrected chi connectivity index (χ4v) is 4.47. The van der Waals surface area contributed by atoms with Gasteiger partial charge in [0.1, 0.15) is 0 Å². The van der Waals surface area contributed by atoms with Crippen molar-refractivity contribution in [3.63, 3.8) is 0 Å². The molecule has 2 fully saturated rings.